The molecule has 0 aliphatic rings. The van der Waals surface area contributed by atoms with Gasteiger partial charge in [-0.25, -0.2) is 0 Å². The Morgan fingerprint density at radius 1 is 0.957 bits per heavy atom. The summed E-state index contributed by atoms with van der Waals surface area (Å²) in [7, 11) is 1.86. The highest BCUT2D eigenvalue weighted by Crippen LogP contribution is 2.29. The van der Waals surface area contributed by atoms with Crippen LogP contribution < -0.4 is 10.1 Å². The van der Waals surface area contributed by atoms with Crippen LogP contribution in [0, 0.1) is 0 Å². The Morgan fingerprint density at radius 3 is 2.35 bits per heavy atom. The van der Waals surface area contributed by atoms with E-state index in [0.29, 0.717) is 15.8 Å². The Kier molecular flexibility index (Phi) is 5.23. The van der Waals surface area contributed by atoms with Gasteiger partial charge in [0.15, 0.2) is 6.23 Å². The van der Waals surface area contributed by atoms with Crippen LogP contribution in [0.25, 0.3) is 11.1 Å². The number of rotatable bonds is 5. The van der Waals surface area contributed by atoms with E-state index in [1.165, 1.54) is 11.1 Å². The molecule has 0 saturated carbocycles. The quantitative estimate of drug-likeness (QED) is 0.559. The lowest BCUT2D eigenvalue weighted by atomic mass is 10.1. The molecule has 0 bridgehead atoms. The van der Waals surface area contributed by atoms with E-state index in [9.17, 15) is 0 Å². The van der Waals surface area contributed by atoms with Crippen LogP contribution in [-0.2, 0) is 0 Å². The molecular formula is C18H15Cl2NOS. The van der Waals surface area contributed by atoms with Gasteiger partial charge in [-0.15, -0.1) is 0 Å². The maximum Gasteiger partial charge on any atom is 0.176 e. The Labute approximate surface area is 149 Å². The van der Waals surface area contributed by atoms with E-state index in [2.05, 4.69) is 46.4 Å². The summed E-state index contributed by atoms with van der Waals surface area (Å²) in [5.41, 5.74) is 3.46. The van der Waals surface area contributed by atoms with Crippen LogP contribution in [0.2, 0.25) is 10.0 Å². The highest BCUT2D eigenvalue weighted by molar-refractivity contribution is 7.08. The minimum atomic E-state index is -0.260. The van der Waals surface area contributed by atoms with Crippen molar-refractivity contribution in [3.63, 3.8) is 0 Å². The van der Waals surface area contributed by atoms with Gasteiger partial charge in [0.1, 0.15) is 5.75 Å². The van der Waals surface area contributed by atoms with Gasteiger partial charge in [-0.05, 0) is 47.1 Å². The largest absolute Gasteiger partial charge is 0.471 e. The van der Waals surface area contributed by atoms with Gasteiger partial charge in [0.05, 0.1) is 10.0 Å². The molecule has 1 aromatic heterocycles. The molecule has 5 heteroatoms. The van der Waals surface area contributed by atoms with Crippen molar-refractivity contribution in [3.05, 3.63) is 74.9 Å². The normalized spacial score (nSPS) is 12.1. The number of hydrogen-bond acceptors (Lipinski definition) is 3. The number of nitrogens with one attached hydrogen (secondary N) is 1. The SMILES string of the molecule is CNC(Oc1ccc(Cl)c(Cl)c1)c1ccc(-c2ccsc2)cc1. The Bertz CT molecular complexity index is 772. The van der Waals surface area contributed by atoms with Crippen LogP contribution in [-0.4, -0.2) is 7.05 Å². The van der Waals surface area contributed by atoms with Crippen molar-refractivity contribution in [1.82, 2.24) is 5.32 Å². The summed E-state index contributed by atoms with van der Waals surface area (Å²) in [6, 6.07) is 15.7. The third-order valence-corrected chi connectivity index (χ3v) is 4.90. The Morgan fingerprint density at radius 2 is 1.74 bits per heavy atom. The molecular weight excluding hydrogens is 349 g/mol. The van der Waals surface area contributed by atoms with E-state index in [1.807, 2.05) is 7.05 Å². The van der Waals surface area contributed by atoms with E-state index in [-0.39, 0.29) is 6.23 Å². The molecule has 0 aliphatic heterocycles. The predicted octanol–water partition coefficient (Wildman–Crippen LogP) is 6.02. The molecule has 3 rings (SSSR count). The summed E-state index contributed by atoms with van der Waals surface area (Å²) < 4.78 is 5.96. The van der Waals surface area contributed by atoms with Gasteiger partial charge in [-0.1, -0.05) is 47.5 Å². The highest BCUT2D eigenvalue weighted by atomic mass is 35.5. The number of hydrogen-bond donors (Lipinski definition) is 1. The van der Waals surface area contributed by atoms with Gasteiger partial charge >= 0.3 is 0 Å². The first-order chi connectivity index (χ1) is 11.2. The maximum atomic E-state index is 6.03. The average Bonchev–Trinajstić information content (AvgIpc) is 3.10. The third kappa shape index (κ3) is 3.88. The smallest absolute Gasteiger partial charge is 0.176 e. The predicted molar refractivity (Wildman–Crippen MR) is 98.6 cm³/mol. The second kappa shape index (κ2) is 7.37. The van der Waals surface area contributed by atoms with Crippen molar-refractivity contribution in [2.75, 3.05) is 7.05 Å². The fourth-order valence-corrected chi connectivity index (χ4v) is 3.21. The molecule has 2 nitrogen and oxygen atoms in total. The van der Waals surface area contributed by atoms with Gasteiger partial charge in [0.25, 0.3) is 0 Å². The molecule has 0 radical (unpaired) electrons. The van der Waals surface area contributed by atoms with Crippen LogP contribution in [0.15, 0.2) is 59.3 Å². The van der Waals surface area contributed by atoms with E-state index < -0.39 is 0 Å². The molecule has 0 saturated heterocycles. The summed E-state index contributed by atoms with van der Waals surface area (Å²) in [6.07, 6.45) is -0.260. The second-order valence-corrected chi connectivity index (χ2v) is 6.59. The van der Waals surface area contributed by atoms with Gasteiger partial charge in [0, 0.05) is 11.6 Å². The van der Waals surface area contributed by atoms with Gasteiger partial charge in [-0.3, -0.25) is 5.32 Å². The zero-order valence-corrected chi connectivity index (χ0v) is 14.8. The molecule has 3 aromatic rings. The van der Waals surface area contributed by atoms with Gasteiger partial charge in [0.2, 0.25) is 0 Å². The first-order valence-corrected chi connectivity index (χ1v) is 8.79. The van der Waals surface area contributed by atoms with Gasteiger partial charge < -0.3 is 4.74 Å². The third-order valence-electron chi connectivity index (χ3n) is 3.48. The molecule has 23 heavy (non-hydrogen) atoms. The van der Waals surface area contributed by atoms with Crippen molar-refractivity contribution in [3.8, 4) is 16.9 Å². The zero-order chi connectivity index (χ0) is 16.2. The minimum Gasteiger partial charge on any atom is -0.471 e. The van der Waals surface area contributed by atoms with Crippen LogP contribution in [0.1, 0.15) is 11.8 Å². The summed E-state index contributed by atoms with van der Waals surface area (Å²) in [6.45, 7) is 0. The zero-order valence-electron chi connectivity index (χ0n) is 12.4. The fraction of sp³-hybridized carbons (Fsp3) is 0.111. The standard InChI is InChI=1S/C18H15Cl2NOS/c1-21-18(22-15-6-7-16(19)17(20)10-15)13-4-2-12(3-5-13)14-8-9-23-11-14/h2-11,18,21H,1H3. The molecule has 0 spiro atoms. The van der Waals surface area contributed by atoms with E-state index in [4.69, 9.17) is 27.9 Å². The fourth-order valence-electron chi connectivity index (χ4n) is 2.26. The topological polar surface area (TPSA) is 21.3 Å². The van der Waals surface area contributed by atoms with E-state index in [1.54, 1.807) is 29.5 Å². The highest BCUT2D eigenvalue weighted by Gasteiger charge is 2.12. The van der Waals surface area contributed by atoms with E-state index in [0.717, 1.165) is 5.56 Å². The first-order valence-electron chi connectivity index (χ1n) is 7.09. The van der Waals surface area contributed by atoms with Gasteiger partial charge in [-0.2, -0.15) is 11.3 Å². The number of halogens is 2. The lowest BCUT2D eigenvalue weighted by molar-refractivity contribution is 0.177. The van der Waals surface area contributed by atoms with Crippen molar-refractivity contribution < 1.29 is 4.74 Å². The van der Waals surface area contributed by atoms with E-state index >= 15 is 0 Å². The summed E-state index contributed by atoms with van der Waals surface area (Å²) >= 11 is 13.7. The Balaban J connectivity index is 1.79. The minimum absolute atomic E-state index is 0.260. The summed E-state index contributed by atoms with van der Waals surface area (Å²) in [5, 5.41) is 8.36. The lowest BCUT2D eigenvalue weighted by Crippen LogP contribution is -2.22. The van der Waals surface area contributed by atoms with Crippen molar-refractivity contribution >= 4 is 34.5 Å². The molecule has 0 aliphatic carbocycles. The summed E-state index contributed by atoms with van der Waals surface area (Å²) in [5.74, 6) is 0.667. The van der Waals surface area contributed by atoms with Crippen molar-refractivity contribution in [2.24, 2.45) is 0 Å². The molecule has 1 unspecified atom stereocenters. The Hall–Kier alpha value is -1.52. The molecule has 0 amide bonds. The van der Waals surface area contributed by atoms with Crippen LogP contribution >= 0.6 is 34.5 Å². The number of benzene rings is 2. The second-order valence-electron chi connectivity index (χ2n) is 5.00. The van der Waals surface area contributed by atoms with Crippen LogP contribution in [0.4, 0.5) is 0 Å². The molecule has 2 aromatic carbocycles. The molecule has 1 N–H and O–H groups in total. The number of ether oxygens (including phenoxy) is 1. The monoisotopic (exact) mass is 363 g/mol. The van der Waals surface area contributed by atoms with Crippen molar-refractivity contribution in [1.29, 1.82) is 0 Å². The molecule has 1 heterocycles. The van der Waals surface area contributed by atoms with Crippen LogP contribution in [0.5, 0.6) is 5.75 Å². The molecule has 0 fully saturated rings. The number of thiophene rings is 1. The maximum absolute atomic E-state index is 6.03. The molecule has 1 atom stereocenters. The first kappa shape index (κ1) is 16.3. The molecule has 118 valence electrons. The van der Waals surface area contributed by atoms with Crippen molar-refractivity contribution in [2.45, 2.75) is 6.23 Å². The summed E-state index contributed by atoms with van der Waals surface area (Å²) in [4.78, 5) is 0. The lowest BCUT2D eigenvalue weighted by Gasteiger charge is -2.19. The van der Waals surface area contributed by atoms with Crippen LogP contribution in [0.3, 0.4) is 0 Å². The average molecular weight is 364 g/mol.